The van der Waals surface area contributed by atoms with Crippen LogP contribution < -0.4 is 0 Å². The van der Waals surface area contributed by atoms with Crippen molar-refractivity contribution in [3.63, 3.8) is 0 Å². The van der Waals surface area contributed by atoms with Crippen LogP contribution in [-0.2, 0) is 21.5 Å². The molecule has 0 aliphatic heterocycles. The van der Waals surface area contributed by atoms with Crippen LogP contribution >= 0.6 is 11.3 Å². The molecular weight excluding hydrogens is 288 g/mol. The largest absolute Gasteiger partial charge is 0.478 e. The van der Waals surface area contributed by atoms with E-state index in [1.165, 1.54) is 42.9 Å². The van der Waals surface area contributed by atoms with Gasteiger partial charge in [0.25, 0.3) is 10.2 Å². The van der Waals surface area contributed by atoms with Crippen molar-refractivity contribution >= 4 is 33.6 Å². The highest BCUT2D eigenvalue weighted by atomic mass is 32.2. The molecule has 8 heteroatoms. The summed E-state index contributed by atoms with van der Waals surface area (Å²) in [6.45, 7) is 0.248. The van der Waals surface area contributed by atoms with E-state index in [0.717, 1.165) is 20.8 Å². The molecule has 1 aromatic heterocycles. The van der Waals surface area contributed by atoms with E-state index in [1.807, 2.05) is 5.38 Å². The maximum Gasteiger partial charge on any atom is 0.328 e. The van der Waals surface area contributed by atoms with Gasteiger partial charge in [0, 0.05) is 38.6 Å². The van der Waals surface area contributed by atoms with Crippen LogP contribution in [0.5, 0.6) is 0 Å². The molecule has 19 heavy (non-hydrogen) atoms. The first-order valence-electron chi connectivity index (χ1n) is 5.35. The summed E-state index contributed by atoms with van der Waals surface area (Å²) in [4.78, 5) is 11.2. The van der Waals surface area contributed by atoms with Gasteiger partial charge in [-0.1, -0.05) is 0 Å². The molecule has 0 unspecified atom stereocenters. The summed E-state index contributed by atoms with van der Waals surface area (Å²) in [5.74, 6) is -1.01. The maximum atomic E-state index is 11.8. The number of rotatable bonds is 6. The van der Waals surface area contributed by atoms with Crippen molar-refractivity contribution in [2.75, 3.05) is 21.1 Å². The zero-order valence-electron chi connectivity index (χ0n) is 10.9. The topological polar surface area (TPSA) is 77.9 Å². The summed E-state index contributed by atoms with van der Waals surface area (Å²) >= 11 is 1.37. The van der Waals surface area contributed by atoms with E-state index in [0.29, 0.717) is 0 Å². The van der Waals surface area contributed by atoms with Gasteiger partial charge in [0.15, 0.2) is 0 Å². The van der Waals surface area contributed by atoms with Gasteiger partial charge in [-0.2, -0.15) is 17.0 Å². The Labute approximate surface area is 116 Å². The van der Waals surface area contributed by atoms with E-state index >= 15 is 0 Å². The fourth-order valence-electron chi connectivity index (χ4n) is 1.34. The third-order valence-electron chi connectivity index (χ3n) is 2.32. The predicted octanol–water partition coefficient (Wildman–Crippen LogP) is 1.08. The van der Waals surface area contributed by atoms with Gasteiger partial charge in [-0.25, -0.2) is 4.79 Å². The Hall–Kier alpha value is -1.22. The van der Waals surface area contributed by atoms with Gasteiger partial charge < -0.3 is 5.11 Å². The molecule has 0 bridgehead atoms. The van der Waals surface area contributed by atoms with Gasteiger partial charge in [-0.3, -0.25) is 0 Å². The quantitative estimate of drug-likeness (QED) is 0.798. The van der Waals surface area contributed by atoms with Crippen molar-refractivity contribution in [2.24, 2.45) is 0 Å². The second kappa shape index (κ2) is 6.29. The number of carboxylic acid groups (broad SMARTS) is 1. The Morgan fingerprint density at radius 2 is 2.05 bits per heavy atom. The first kappa shape index (κ1) is 15.8. The summed E-state index contributed by atoms with van der Waals surface area (Å²) in [7, 11) is 1.01. The number of carbonyl (C=O) groups is 1. The lowest BCUT2D eigenvalue weighted by molar-refractivity contribution is -0.131. The number of carboxylic acids is 1. The fraction of sp³-hybridized carbons (Fsp3) is 0.364. The fourth-order valence-corrected chi connectivity index (χ4v) is 3.00. The van der Waals surface area contributed by atoms with Crippen molar-refractivity contribution < 1.29 is 18.3 Å². The Balaban J connectivity index is 2.77. The second-order valence-corrected chi connectivity index (χ2v) is 7.27. The SMILES string of the molecule is CN(C)S(=O)(=O)N(C)Cc1csc(/C=C/C(=O)O)c1. The van der Waals surface area contributed by atoms with E-state index < -0.39 is 16.2 Å². The smallest absolute Gasteiger partial charge is 0.328 e. The highest BCUT2D eigenvalue weighted by Crippen LogP contribution is 2.18. The average molecular weight is 304 g/mol. The molecule has 0 fully saturated rings. The number of hydrogen-bond acceptors (Lipinski definition) is 4. The third-order valence-corrected chi connectivity index (χ3v) is 5.11. The Kier molecular flexibility index (Phi) is 5.24. The molecule has 0 amide bonds. The van der Waals surface area contributed by atoms with Gasteiger partial charge in [0.05, 0.1) is 0 Å². The lowest BCUT2D eigenvalue weighted by Crippen LogP contribution is -2.36. The molecule has 0 saturated heterocycles. The molecule has 0 spiro atoms. The van der Waals surface area contributed by atoms with Crippen molar-refractivity contribution in [1.29, 1.82) is 0 Å². The van der Waals surface area contributed by atoms with Crippen LogP contribution in [0, 0.1) is 0 Å². The third kappa shape index (κ3) is 4.43. The minimum absolute atomic E-state index is 0.248. The molecule has 1 aromatic rings. The van der Waals surface area contributed by atoms with Gasteiger partial charge in [0.2, 0.25) is 0 Å². The zero-order valence-corrected chi connectivity index (χ0v) is 12.5. The molecule has 0 atom stereocenters. The molecule has 1 N–H and O–H groups in total. The second-order valence-electron chi connectivity index (χ2n) is 4.08. The maximum absolute atomic E-state index is 11.8. The van der Waals surface area contributed by atoms with E-state index in [-0.39, 0.29) is 6.54 Å². The summed E-state index contributed by atoms with van der Waals surface area (Å²) < 4.78 is 26.0. The normalized spacial score (nSPS) is 12.7. The van der Waals surface area contributed by atoms with Crippen LogP contribution in [0.25, 0.3) is 6.08 Å². The van der Waals surface area contributed by atoms with Crippen LogP contribution in [0.15, 0.2) is 17.5 Å². The Morgan fingerprint density at radius 1 is 1.42 bits per heavy atom. The average Bonchev–Trinajstić information content (AvgIpc) is 2.73. The van der Waals surface area contributed by atoms with Crippen LogP contribution in [-0.4, -0.2) is 49.2 Å². The Morgan fingerprint density at radius 3 is 2.58 bits per heavy atom. The van der Waals surface area contributed by atoms with Gasteiger partial charge >= 0.3 is 5.97 Å². The molecule has 0 radical (unpaired) electrons. The van der Waals surface area contributed by atoms with E-state index in [2.05, 4.69) is 0 Å². The molecule has 106 valence electrons. The number of aliphatic carboxylic acids is 1. The highest BCUT2D eigenvalue weighted by molar-refractivity contribution is 7.86. The van der Waals surface area contributed by atoms with Crippen LogP contribution in [0.4, 0.5) is 0 Å². The van der Waals surface area contributed by atoms with E-state index in [9.17, 15) is 13.2 Å². The minimum Gasteiger partial charge on any atom is -0.478 e. The molecule has 0 aliphatic carbocycles. The lowest BCUT2D eigenvalue weighted by Gasteiger charge is -2.20. The van der Waals surface area contributed by atoms with Gasteiger partial charge in [0.1, 0.15) is 0 Å². The minimum atomic E-state index is -3.43. The van der Waals surface area contributed by atoms with E-state index in [4.69, 9.17) is 5.11 Å². The van der Waals surface area contributed by atoms with Crippen LogP contribution in [0.2, 0.25) is 0 Å². The highest BCUT2D eigenvalue weighted by Gasteiger charge is 2.20. The standard InChI is InChI=1S/C11H16N2O4S2/c1-12(2)19(16,17)13(3)7-9-6-10(18-8-9)4-5-11(14)15/h4-6,8H,7H2,1-3H3,(H,14,15)/b5-4+. The molecular formula is C11H16N2O4S2. The molecule has 1 rings (SSSR count). The number of nitrogens with zero attached hydrogens (tertiary/aromatic N) is 2. The summed E-state index contributed by atoms with van der Waals surface area (Å²) in [5.41, 5.74) is 0.822. The van der Waals surface area contributed by atoms with Crippen molar-refractivity contribution in [3.05, 3.63) is 28.0 Å². The molecule has 6 nitrogen and oxygen atoms in total. The summed E-state index contributed by atoms with van der Waals surface area (Å²) in [6.07, 6.45) is 2.53. The first-order chi connectivity index (χ1) is 8.73. The van der Waals surface area contributed by atoms with Crippen molar-refractivity contribution in [1.82, 2.24) is 8.61 Å². The molecule has 1 heterocycles. The van der Waals surface area contributed by atoms with Gasteiger partial charge in [-0.05, 0) is 23.1 Å². The summed E-state index contributed by atoms with van der Waals surface area (Å²) in [5, 5.41) is 10.3. The van der Waals surface area contributed by atoms with Crippen molar-refractivity contribution in [2.45, 2.75) is 6.54 Å². The Bertz CT molecular complexity index is 575. The van der Waals surface area contributed by atoms with Gasteiger partial charge in [-0.15, -0.1) is 11.3 Å². The van der Waals surface area contributed by atoms with Crippen LogP contribution in [0.1, 0.15) is 10.4 Å². The lowest BCUT2D eigenvalue weighted by atomic mass is 10.3. The number of hydrogen-bond donors (Lipinski definition) is 1. The molecule has 0 aliphatic rings. The summed E-state index contributed by atoms with van der Waals surface area (Å²) in [6, 6.07) is 1.77. The first-order valence-corrected chi connectivity index (χ1v) is 7.63. The predicted molar refractivity (Wildman–Crippen MR) is 75.1 cm³/mol. The number of thiophene rings is 1. The van der Waals surface area contributed by atoms with E-state index in [1.54, 1.807) is 6.07 Å². The van der Waals surface area contributed by atoms with Crippen molar-refractivity contribution in [3.8, 4) is 0 Å². The molecule has 0 aromatic carbocycles. The zero-order chi connectivity index (χ0) is 14.6. The van der Waals surface area contributed by atoms with Crippen LogP contribution in [0.3, 0.4) is 0 Å². The molecule has 0 saturated carbocycles. The monoisotopic (exact) mass is 304 g/mol.